The van der Waals surface area contributed by atoms with Gasteiger partial charge in [0.2, 0.25) is 5.91 Å². The maximum Gasteiger partial charge on any atom is 0.224 e. The number of aryl methyl sites for hydroxylation is 1. The fourth-order valence-electron chi connectivity index (χ4n) is 3.99. The Labute approximate surface area is 169 Å². The van der Waals surface area contributed by atoms with Crippen LogP contribution in [0.1, 0.15) is 24.8 Å². The summed E-state index contributed by atoms with van der Waals surface area (Å²) in [6, 6.07) is 8.20. The first kappa shape index (κ1) is 19.2. The lowest BCUT2D eigenvalue weighted by Gasteiger charge is -2.33. The Morgan fingerprint density at radius 2 is 2.07 bits per heavy atom. The maximum atomic E-state index is 12.8. The van der Waals surface area contributed by atoms with Crippen LogP contribution >= 0.6 is 0 Å². The van der Waals surface area contributed by atoms with E-state index in [2.05, 4.69) is 27.1 Å². The Kier molecular flexibility index (Phi) is 5.59. The van der Waals surface area contributed by atoms with Gasteiger partial charge in [-0.25, -0.2) is 15.0 Å². The highest BCUT2D eigenvalue weighted by molar-refractivity contribution is 5.81. The number of nitrogens with two attached hydrogens (primary N) is 1. The number of aromatic nitrogens is 4. The number of rotatable bonds is 6. The molecule has 1 fully saturated rings. The summed E-state index contributed by atoms with van der Waals surface area (Å²) in [4.78, 5) is 27.2. The molecule has 0 saturated carbocycles. The lowest BCUT2D eigenvalue weighted by Crippen LogP contribution is -2.40. The number of carbonyl (C=O) groups excluding carboxylic acids is 1. The molecule has 1 amide bonds. The van der Waals surface area contributed by atoms with Crippen LogP contribution in [0.3, 0.4) is 0 Å². The molecule has 1 saturated heterocycles. The molecule has 2 aromatic heterocycles. The molecule has 152 valence electrons. The predicted octanol–water partition coefficient (Wildman–Crippen LogP) is 2.29. The Balaban J connectivity index is 1.33. The molecule has 1 unspecified atom stereocenters. The second-order valence-corrected chi connectivity index (χ2v) is 7.52. The molecule has 8 heteroatoms. The molecule has 0 radical (unpaired) electrons. The first-order valence-electron chi connectivity index (χ1n) is 9.96. The van der Waals surface area contributed by atoms with Gasteiger partial charge in [-0.3, -0.25) is 4.79 Å². The van der Waals surface area contributed by atoms with Crippen molar-refractivity contribution in [1.82, 2.24) is 24.4 Å². The molecule has 3 aromatic rings. The summed E-state index contributed by atoms with van der Waals surface area (Å²) in [5.41, 5.74) is 8.36. The number of piperidine rings is 1. The van der Waals surface area contributed by atoms with E-state index in [4.69, 9.17) is 10.5 Å². The second kappa shape index (κ2) is 8.46. The van der Waals surface area contributed by atoms with E-state index in [1.807, 2.05) is 21.6 Å². The van der Waals surface area contributed by atoms with E-state index in [-0.39, 0.29) is 5.91 Å². The van der Waals surface area contributed by atoms with Crippen molar-refractivity contribution in [3.8, 4) is 5.75 Å². The molecule has 1 aliphatic heterocycles. The summed E-state index contributed by atoms with van der Waals surface area (Å²) < 4.78 is 7.09. The minimum absolute atomic E-state index is 0.174. The molecular formula is C21H26N6O2. The van der Waals surface area contributed by atoms with Gasteiger partial charge in [0, 0.05) is 26.1 Å². The van der Waals surface area contributed by atoms with Crippen LogP contribution in [0.4, 0.5) is 5.82 Å². The van der Waals surface area contributed by atoms with E-state index < -0.39 is 0 Å². The van der Waals surface area contributed by atoms with Gasteiger partial charge in [-0.05, 0) is 42.9 Å². The van der Waals surface area contributed by atoms with Gasteiger partial charge in [0.05, 0.1) is 13.4 Å². The fraction of sp³-hybridized carbons (Fsp3) is 0.429. The zero-order chi connectivity index (χ0) is 20.2. The Morgan fingerprint density at radius 3 is 2.86 bits per heavy atom. The molecule has 8 nitrogen and oxygen atoms in total. The molecule has 29 heavy (non-hydrogen) atoms. The first-order chi connectivity index (χ1) is 14.1. The van der Waals surface area contributed by atoms with E-state index in [0.29, 0.717) is 35.9 Å². The van der Waals surface area contributed by atoms with Crippen molar-refractivity contribution in [2.45, 2.75) is 32.2 Å². The number of anilines is 1. The number of imidazole rings is 1. The highest BCUT2D eigenvalue weighted by atomic mass is 16.5. The van der Waals surface area contributed by atoms with E-state index in [0.717, 1.165) is 38.1 Å². The number of carbonyl (C=O) groups is 1. The van der Waals surface area contributed by atoms with Gasteiger partial charge in [0.25, 0.3) is 0 Å². The number of methoxy groups -OCH3 is 1. The largest absolute Gasteiger partial charge is 0.497 e. The van der Waals surface area contributed by atoms with Crippen molar-refractivity contribution >= 4 is 22.9 Å². The van der Waals surface area contributed by atoms with Gasteiger partial charge < -0.3 is 19.9 Å². The van der Waals surface area contributed by atoms with Gasteiger partial charge in [-0.2, -0.15) is 0 Å². The molecule has 2 N–H and O–H groups in total. The normalized spacial score (nSPS) is 16.9. The van der Waals surface area contributed by atoms with Gasteiger partial charge in [0.1, 0.15) is 17.6 Å². The minimum Gasteiger partial charge on any atom is -0.497 e. The van der Waals surface area contributed by atoms with E-state index in [1.165, 1.54) is 11.9 Å². The number of amides is 1. The monoisotopic (exact) mass is 394 g/mol. The van der Waals surface area contributed by atoms with Crippen LogP contribution in [0.2, 0.25) is 0 Å². The van der Waals surface area contributed by atoms with E-state index >= 15 is 0 Å². The number of benzene rings is 1. The summed E-state index contributed by atoms with van der Waals surface area (Å²) in [7, 11) is 1.67. The maximum absolute atomic E-state index is 12.8. The van der Waals surface area contributed by atoms with Crippen LogP contribution in [0.15, 0.2) is 36.9 Å². The number of nitrogens with zero attached hydrogens (tertiary/aromatic N) is 5. The number of ether oxygens (including phenoxy) is 1. The van der Waals surface area contributed by atoms with Crippen molar-refractivity contribution in [2.24, 2.45) is 5.92 Å². The van der Waals surface area contributed by atoms with Crippen LogP contribution in [-0.4, -0.2) is 50.5 Å². The summed E-state index contributed by atoms with van der Waals surface area (Å²) in [6.07, 6.45) is 6.70. The Hall–Kier alpha value is -3.16. The zero-order valence-corrected chi connectivity index (χ0v) is 16.6. The highest BCUT2D eigenvalue weighted by Crippen LogP contribution is 2.23. The third kappa shape index (κ3) is 4.31. The summed E-state index contributed by atoms with van der Waals surface area (Å²) in [6.45, 7) is 2.17. The summed E-state index contributed by atoms with van der Waals surface area (Å²) >= 11 is 0. The molecule has 1 aromatic carbocycles. The Morgan fingerprint density at radius 1 is 1.24 bits per heavy atom. The van der Waals surface area contributed by atoms with Crippen molar-refractivity contribution in [2.75, 3.05) is 25.9 Å². The average molecular weight is 394 g/mol. The molecule has 0 aliphatic carbocycles. The SMILES string of the molecule is COc1ccc(CC2CCCN(C(=O)CCn3cnc4c(N)ncnc43)C2)cc1. The Bertz CT molecular complexity index is 985. The third-order valence-corrected chi connectivity index (χ3v) is 5.55. The van der Waals surface area contributed by atoms with Crippen LogP contribution in [0, 0.1) is 5.92 Å². The smallest absolute Gasteiger partial charge is 0.224 e. The van der Waals surface area contributed by atoms with Crippen LogP contribution < -0.4 is 10.5 Å². The van der Waals surface area contributed by atoms with Crippen LogP contribution in [0.25, 0.3) is 11.2 Å². The quantitative estimate of drug-likeness (QED) is 0.689. The first-order valence-corrected chi connectivity index (χ1v) is 9.96. The van der Waals surface area contributed by atoms with Crippen molar-refractivity contribution < 1.29 is 9.53 Å². The average Bonchev–Trinajstić information content (AvgIpc) is 3.17. The molecule has 4 rings (SSSR count). The standard InChI is InChI=1S/C21H26N6O2/c1-29-17-6-4-15(5-7-17)11-16-3-2-9-26(12-16)18(28)8-10-27-14-25-19-20(22)23-13-24-21(19)27/h4-7,13-14,16H,2-3,8-12H2,1H3,(H2,22,23,24). The van der Waals surface area contributed by atoms with Gasteiger partial charge in [0.15, 0.2) is 11.5 Å². The predicted molar refractivity (Wildman–Crippen MR) is 110 cm³/mol. The number of hydrogen-bond acceptors (Lipinski definition) is 6. The summed E-state index contributed by atoms with van der Waals surface area (Å²) in [5.74, 6) is 1.89. The van der Waals surface area contributed by atoms with Gasteiger partial charge in [-0.1, -0.05) is 12.1 Å². The molecule has 3 heterocycles. The second-order valence-electron chi connectivity index (χ2n) is 7.52. The lowest BCUT2D eigenvalue weighted by molar-refractivity contribution is -0.133. The molecule has 1 aliphatic rings. The number of likely N-dealkylation sites (tertiary alicyclic amines) is 1. The minimum atomic E-state index is 0.174. The van der Waals surface area contributed by atoms with E-state index in [9.17, 15) is 4.79 Å². The zero-order valence-electron chi connectivity index (χ0n) is 16.6. The number of fused-ring (bicyclic) bond motifs is 1. The van der Waals surface area contributed by atoms with Gasteiger partial charge >= 0.3 is 0 Å². The lowest BCUT2D eigenvalue weighted by atomic mass is 9.91. The van der Waals surface area contributed by atoms with Crippen LogP contribution in [-0.2, 0) is 17.8 Å². The topological polar surface area (TPSA) is 99.2 Å². The highest BCUT2D eigenvalue weighted by Gasteiger charge is 2.24. The molecular weight excluding hydrogens is 368 g/mol. The van der Waals surface area contributed by atoms with Crippen molar-refractivity contribution in [3.05, 3.63) is 42.5 Å². The fourth-order valence-corrected chi connectivity index (χ4v) is 3.99. The molecule has 0 spiro atoms. The van der Waals surface area contributed by atoms with Crippen LogP contribution in [0.5, 0.6) is 5.75 Å². The van der Waals surface area contributed by atoms with E-state index in [1.54, 1.807) is 13.4 Å². The van der Waals surface area contributed by atoms with Crippen molar-refractivity contribution in [3.63, 3.8) is 0 Å². The molecule has 1 atom stereocenters. The third-order valence-electron chi connectivity index (χ3n) is 5.55. The summed E-state index contributed by atoms with van der Waals surface area (Å²) in [5, 5.41) is 0. The number of hydrogen-bond donors (Lipinski definition) is 1. The number of nitrogen functional groups attached to an aromatic ring is 1. The van der Waals surface area contributed by atoms with Gasteiger partial charge in [-0.15, -0.1) is 0 Å². The molecule has 0 bridgehead atoms. The van der Waals surface area contributed by atoms with Crippen molar-refractivity contribution in [1.29, 1.82) is 0 Å².